The fourth-order valence-electron chi connectivity index (χ4n) is 1.12. The number of hydrogen-bond acceptors (Lipinski definition) is 5. The van der Waals surface area contributed by atoms with Crippen molar-refractivity contribution in [2.75, 3.05) is 19.5 Å². The van der Waals surface area contributed by atoms with Crippen LogP contribution in [0.15, 0.2) is 36.0 Å². The van der Waals surface area contributed by atoms with E-state index in [1.165, 1.54) is 13.3 Å². The fraction of sp³-hybridized carbons (Fsp3) is 0.167. The molecule has 0 radical (unpaired) electrons. The first-order valence-corrected chi connectivity index (χ1v) is 4.80. The van der Waals surface area contributed by atoms with Crippen LogP contribution < -0.4 is 10.1 Å². The summed E-state index contributed by atoms with van der Waals surface area (Å²) in [5.41, 5.74) is 0.608. The van der Waals surface area contributed by atoms with E-state index in [0.29, 0.717) is 11.4 Å². The van der Waals surface area contributed by atoms with E-state index in [1.54, 1.807) is 37.4 Å². The zero-order valence-electron chi connectivity index (χ0n) is 9.56. The summed E-state index contributed by atoms with van der Waals surface area (Å²) in [5.74, 6) is 0.00266. The molecule has 0 atom stereocenters. The summed E-state index contributed by atoms with van der Waals surface area (Å²) in [6.07, 6.45) is 1.29. The number of anilines is 1. The summed E-state index contributed by atoms with van der Waals surface area (Å²) < 4.78 is 9.48. The molecule has 0 amide bonds. The minimum Gasteiger partial charge on any atom is -0.497 e. The van der Waals surface area contributed by atoms with Crippen LogP contribution >= 0.6 is 0 Å². The van der Waals surface area contributed by atoms with Crippen LogP contribution in [0.3, 0.4) is 0 Å². The summed E-state index contributed by atoms with van der Waals surface area (Å²) in [5, 5.41) is 11.5. The van der Waals surface area contributed by atoms with Crippen LogP contribution in [0, 0.1) is 11.3 Å². The number of carbonyl (C=O) groups excluding carboxylic acids is 1. The molecule has 0 unspecified atom stereocenters. The van der Waals surface area contributed by atoms with Crippen LogP contribution in [0.1, 0.15) is 0 Å². The van der Waals surface area contributed by atoms with E-state index in [9.17, 15) is 4.79 Å². The van der Waals surface area contributed by atoms with Gasteiger partial charge < -0.3 is 14.8 Å². The smallest absolute Gasteiger partial charge is 0.350 e. The lowest BCUT2D eigenvalue weighted by Gasteiger charge is -2.04. The lowest BCUT2D eigenvalue weighted by atomic mass is 10.3. The first-order valence-electron chi connectivity index (χ1n) is 4.80. The Morgan fingerprint density at radius 2 is 2.24 bits per heavy atom. The quantitative estimate of drug-likeness (QED) is 0.486. The van der Waals surface area contributed by atoms with E-state index in [0.717, 1.165) is 0 Å². The molecule has 0 bridgehead atoms. The topological polar surface area (TPSA) is 71.4 Å². The number of hydrogen-bond donors (Lipinski definition) is 1. The molecule has 0 aliphatic rings. The maximum absolute atomic E-state index is 11.1. The first kappa shape index (κ1) is 12.6. The molecule has 0 aliphatic heterocycles. The third-order valence-electron chi connectivity index (χ3n) is 1.98. The van der Waals surface area contributed by atoms with Gasteiger partial charge in [0.1, 0.15) is 11.8 Å². The molecule has 88 valence electrons. The summed E-state index contributed by atoms with van der Waals surface area (Å²) in [6.45, 7) is 0. The number of benzene rings is 1. The van der Waals surface area contributed by atoms with Gasteiger partial charge in [0.2, 0.25) is 0 Å². The third-order valence-corrected chi connectivity index (χ3v) is 1.98. The van der Waals surface area contributed by atoms with Crippen molar-refractivity contribution in [1.82, 2.24) is 0 Å². The van der Waals surface area contributed by atoms with Crippen LogP contribution in [0.2, 0.25) is 0 Å². The van der Waals surface area contributed by atoms with Crippen molar-refractivity contribution in [3.8, 4) is 11.8 Å². The van der Waals surface area contributed by atoms with Crippen molar-refractivity contribution >= 4 is 11.7 Å². The Labute approximate surface area is 99.3 Å². The van der Waals surface area contributed by atoms with Crippen molar-refractivity contribution in [2.45, 2.75) is 0 Å². The Morgan fingerprint density at radius 3 is 2.82 bits per heavy atom. The number of nitrogens with zero attached hydrogens (tertiary/aromatic N) is 1. The number of ether oxygens (including phenoxy) is 2. The highest BCUT2D eigenvalue weighted by atomic mass is 16.5. The van der Waals surface area contributed by atoms with Gasteiger partial charge in [-0.2, -0.15) is 5.26 Å². The van der Waals surface area contributed by atoms with E-state index in [4.69, 9.17) is 10.00 Å². The summed E-state index contributed by atoms with van der Waals surface area (Å²) >= 11 is 0. The van der Waals surface area contributed by atoms with Crippen LogP contribution in [-0.2, 0) is 9.53 Å². The molecule has 0 fully saturated rings. The number of nitriles is 1. The molecular weight excluding hydrogens is 220 g/mol. The van der Waals surface area contributed by atoms with Crippen molar-refractivity contribution in [2.24, 2.45) is 0 Å². The van der Waals surface area contributed by atoms with Crippen LogP contribution in [0.4, 0.5) is 5.69 Å². The highest BCUT2D eigenvalue weighted by molar-refractivity contribution is 5.93. The minimum absolute atomic E-state index is 0.102. The Kier molecular flexibility index (Phi) is 4.58. The Hall–Kier alpha value is -2.48. The van der Waals surface area contributed by atoms with E-state index >= 15 is 0 Å². The predicted molar refractivity (Wildman–Crippen MR) is 62.3 cm³/mol. The highest BCUT2D eigenvalue weighted by Crippen LogP contribution is 2.16. The Balaban J connectivity index is 2.81. The van der Waals surface area contributed by atoms with Gasteiger partial charge >= 0.3 is 5.97 Å². The number of methoxy groups -OCH3 is 2. The Morgan fingerprint density at radius 1 is 1.47 bits per heavy atom. The molecular formula is C12H12N2O3. The van der Waals surface area contributed by atoms with E-state index in [2.05, 4.69) is 10.1 Å². The van der Waals surface area contributed by atoms with Gasteiger partial charge in [0.05, 0.1) is 14.2 Å². The maximum Gasteiger partial charge on any atom is 0.350 e. The predicted octanol–water partition coefficient (Wildman–Crippen LogP) is 1.69. The first-order chi connectivity index (χ1) is 8.21. The van der Waals surface area contributed by atoms with Crippen LogP contribution in [0.5, 0.6) is 5.75 Å². The van der Waals surface area contributed by atoms with Crippen molar-refractivity contribution < 1.29 is 14.3 Å². The van der Waals surface area contributed by atoms with E-state index in [-0.39, 0.29) is 5.57 Å². The molecule has 1 rings (SSSR count). The molecule has 1 N–H and O–H groups in total. The molecule has 17 heavy (non-hydrogen) atoms. The van der Waals surface area contributed by atoms with Gasteiger partial charge in [-0.25, -0.2) is 4.79 Å². The van der Waals surface area contributed by atoms with Gasteiger partial charge in [-0.15, -0.1) is 0 Å². The fourth-order valence-corrected chi connectivity index (χ4v) is 1.12. The van der Waals surface area contributed by atoms with Gasteiger partial charge in [-0.05, 0) is 12.1 Å². The molecule has 0 heterocycles. The van der Waals surface area contributed by atoms with Gasteiger partial charge in [-0.1, -0.05) is 6.07 Å². The molecule has 0 saturated carbocycles. The second-order valence-electron chi connectivity index (χ2n) is 3.04. The van der Waals surface area contributed by atoms with Crippen LogP contribution in [0.25, 0.3) is 0 Å². The zero-order chi connectivity index (χ0) is 12.7. The number of nitrogens with one attached hydrogen (secondary N) is 1. The van der Waals surface area contributed by atoms with Crippen molar-refractivity contribution in [3.63, 3.8) is 0 Å². The second-order valence-corrected chi connectivity index (χ2v) is 3.04. The normalized spacial score (nSPS) is 10.3. The van der Waals surface area contributed by atoms with Crippen molar-refractivity contribution in [1.29, 1.82) is 5.26 Å². The van der Waals surface area contributed by atoms with E-state index in [1.807, 2.05) is 0 Å². The molecule has 0 aliphatic carbocycles. The number of esters is 1. The summed E-state index contributed by atoms with van der Waals surface area (Å²) in [7, 11) is 2.78. The molecule has 0 saturated heterocycles. The number of rotatable bonds is 4. The van der Waals surface area contributed by atoms with Crippen molar-refractivity contribution in [3.05, 3.63) is 36.0 Å². The standard InChI is InChI=1S/C12H12N2O3/c1-16-11-5-3-4-10(6-11)14-8-9(7-13)12(15)17-2/h3-6,8,14H,1-2H3/b9-8+. The van der Waals surface area contributed by atoms with E-state index < -0.39 is 5.97 Å². The average molecular weight is 232 g/mol. The highest BCUT2D eigenvalue weighted by Gasteiger charge is 2.07. The summed E-state index contributed by atoms with van der Waals surface area (Å²) in [6, 6.07) is 8.85. The van der Waals surface area contributed by atoms with Gasteiger partial charge in [0.15, 0.2) is 5.57 Å². The molecule has 1 aromatic carbocycles. The molecule has 5 nitrogen and oxygen atoms in total. The SMILES string of the molecule is COC(=O)/C(C#N)=C/Nc1cccc(OC)c1. The molecule has 1 aromatic rings. The third kappa shape index (κ3) is 3.54. The van der Waals surface area contributed by atoms with Crippen LogP contribution in [-0.4, -0.2) is 20.2 Å². The van der Waals surface area contributed by atoms with Gasteiger partial charge in [0.25, 0.3) is 0 Å². The monoisotopic (exact) mass is 232 g/mol. The lowest BCUT2D eigenvalue weighted by molar-refractivity contribution is -0.135. The number of carbonyl (C=O) groups is 1. The Bertz CT molecular complexity index is 475. The second kappa shape index (κ2) is 6.18. The minimum atomic E-state index is -0.678. The zero-order valence-corrected chi connectivity index (χ0v) is 9.56. The van der Waals surface area contributed by atoms with Gasteiger partial charge in [0, 0.05) is 18.0 Å². The lowest BCUT2D eigenvalue weighted by Crippen LogP contribution is -2.05. The molecule has 5 heteroatoms. The van der Waals surface area contributed by atoms with Gasteiger partial charge in [-0.3, -0.25) is 0 Å². The molecule has 0 spiro atoms. The molecule has 0 aromatic heterocycles. The maximum atomic E-state index is 11.1. The largest absolute Gasteiger partial charge is 0.497 e. The summed E-state index contributed by atoms with van der Waals surface area (Å²) in [4.78, 5) is 11.1. The average Bonchev–Trinajstić information content (AvgIpc) is 2.39.